The second-order valence-electron chi connectivity index (χ2n) is 5.36. The van der Waals surface area contributed by atoms with E-state index in [1.54, 1.807) is 0 Å². The van der Waals surface area contributed by atoms with Crippen molar-refractivity contribution < 1.29 is 13.6 Å². The van der Waals surface area contributed by atoms with E-state index in [4.69, 9.17) is 0 Å². The molecule has 1 amide bonds. The number of nitrogens with zero attached hydrogens (tertiary/aromatic N) is 1. The van der Waals surface area contributed by atoms with E-state index in [0.29, 0.717) is 22.3 Å². The maximum atomic E-state index is 13.3. The third-order valence-electron chi connectivity index (χ3n) is 3.67. The van der Waals surface area contributed by atoms with Gasteiger partial charge in [-0.1, -0.05) is 6.92 Å². The zero-order valence-corrected chi connectivity index (χ0v) is 12.4. The summed E-state index contributed by atoms with van der Waals surface area (Å²) in [7, 11) is 0. The Balaban J connectivity index is 1.83. The number of benzene rings is 1. The summed E-state index contributed by atoms with van der Waals surface area (Å²) in [5.41, 5.74) is 1.07. The second kappa shape index (κ2) is 5.18. The number of aromatic nitrogens is 1. The van der Waals surface area contributed by atoms with Crippen molar-refractivity contribution in [3.05, 3.63) is 34.7 Å². The predicted molar refractivity (Wildman–Crippen MR) is 78.1 cm³/mol. The molecule has 1 fully saturated rings. The summed E-state index contributed by atoms with van der Waals surface area (Å²) < 4.78 is 26.3. The van der Waals surface area contributed by atoms with Gasteiger partial charge in [0, 0.05) is 16.4 Å². The number of amides is 1. The molecule has 3 rings (SSSR count). The zero-order chi connectivity index (χ0) is 15.1. The van der Waals surface area contributed by atoms with E-state index in [2.05, 4.69) is 10.3 Å². The number of carbonyl (C=O) groups excluding carboxylic acids is 1. The van der Waals surface area contributed by atoms with Crippen LogP contribution < -0.4 is 5.32 Å². The molecule has 21 heavy (non-hydrogen) atoms. The van der Waals surface area contributed by atoms with E-state index in [0.717, 1.165) is 23.4 Å². The Morgan fingerprint density at radius 1 is 1.38 bits per heavy atom. The number of carbonyl (C=O) groups is 1. The fraction of sp³-hybridized carbons (Fsp3) is 0.333. The Morgan fingerprint density at radius 2 is 2.10 bits per heavy atom. The van der Waals surface area contributed by atoms with Crippen molar-refractivity contribution in [3.63, 3.8) is 0 Å². The molecule has 2 unspecified atom stereocenters. The van der Waals surface area contributed by atoms with Gasteiger partial charge in [-0.2, -0.15) is 0 Å². The topological polar surface area (TPSA) is 42.0 Å². The zero-order valence-electron chi connectivity index (χ0n) is 11.6. The molecule has 1 aliphatic carbocycles. The van der Waals surface area contributed by atoms with Crippen molar-refractivity contribution in [1.29, 1.82) is 0 Å². The number of thiazole rings is 1. The van der Waals surface area contributed by atoms with Crippen molar-refractivity contribution in [3.8, 4) is 11.3 Å². The van der Waals surface area contributed by atoms with Crippen LogP contribution in [0.1, 0.15) is 18.2 Å². The van der Waals surface area contributed by atoms with Crippen molar-refractivity contribution in [2.24, 2.45) is 11.8 Å². The van der Waals surface area contributed by atoms with Gasteiger partial charge in [0.15, 0.2) is 16.8 Å². The van der Waals surface area contributed by atoms with Crippen LogP contribution >= 0.6 is 11.3 Å². The van der Waals surface area contributed by atoms with E-state index in [-0.39, 0.29) is 11.8 Å². The highest BCUT2D eigenvalue weighted by atomic mass is 32.1. The number of anilines is 1. The lowest BCUT2D eigenvalue weighted by Gasteiger charge is -2.00. The standard InChI is InChI=1S/C15H14F2N2OS/c1-7-5-10(7)14(20)19-15-18-13(8(2)21-15)9-3-4-11(16)12(17)6-9/h3-4,6-7,10H,5H2,1-2H3,(H,18,19,20). The first-order valence-corrected chi connectivity index (χ1v) is 7.51. The maximum Gasteiger partial charge on any atom is 0.229 e. The second-order valence-corrected chi connectivity index (χ2v) is 6.56. The minimum atomic E-state index is -0.905. The monoisotopic (exact) mass is 308 g/mol. The molecule has 1 aromatic carbocycles. The number of aryl methyl sites for hydroxylation is 1. The van der Waals surface area contributed by atoms with Gasteiger partial charge in [-0.05, 0) is 37.5 Å². The first-order chi connectivity index (χ1) is 9.95. The fourth-order valence-corrected chi connectivity index (χ4v) is 3.09. The van der Waals surface area contributed by atoms with Crippen molar-refractivity contribution >= 4 is 22.4 Å². The maximum absolute atomic E-state index is 13.3. The molecule has 3 nitrogen and oxygen atoms in total. The highest BCUT2D eigenvalue weighted by molar-refractivity contribution is 7.16. The van der Waals surface area contributed by atoms with Crippen LogP contribution in [-0.4, -0.2) is 10.9 Å². The predicted octanol–water partition coefficient (Wildman–Crippen LogP) is 3.99. The summed E-state index contributed by atoms with van der Waals surface area (Å²) in [6, 6.07) is 3.68. The smallest absolute Gasteiger partial charge is 0.229 e. The van der Waals surface area contributed by atoms with Crippen molar-refractivity contribution in [1.82, 2.24) is 4.98 Å². The van der Waals surface area contributed by atoms with Crippen molar-refractivity contribution in [2.75, 3.05) is 5.32 Å². The quantitative estimate of drug-likeness (QED) is 0.931. The summed E-state index contributed by atoms with van der Waals surface area (Å²) in [4.78, 5) is 17.1. The normalized spacial score (nSPS) is 20.4. The van der Waals surface area contributed by atoms with Crippen LogP contribution in [0.15, 0.2) is 18.2 Å². The first kappa shape index (κ1) is 14.1. The van der Waals surface area contributed by atoms with Gasteiger partial charge in [-0.25, -0.2) is 13.8 Å². The largest absolute Gasteiger partial charge is 0.302 e. The van der Waals surface area contributed by atoms with E-state index in [1.165, 1.54) is 17.4 Å². The molecule has 2 aromatic rings. The van der Waals surface area contributed by atoms with Crippen molar-refractivity contribution in [2.45, 2.75) is 20.3 Å². The summed E-state index contributed by atoms with van der Waals surface area (Å²) in [6.07, 6.45) is 0.909. The molecule has 6 heteroatoms. The molecule has 1 heterocycles. The fourth-order valence-electron chi connectivity index (χ4n) is 2.25. The summed E-state index contributed by atoms with van der Waals surface area (Å²) >= 11 is 1.33. The molecule has 1 saturated carbocycles. The lowest BCUT2D eigenvalue weighted by atomic mass is 10.1. The average Bonchev–Trinajstić information content (AvgIpc) is 3.05. The van der Waals surface area contributed by atoms with Gasteiger partial charge < -0.3 is 5.32 Å². The Bertz CT molecular complexity index is 714. The van der Waals surface area contributed by atoms with E-state index in [9.17, 15) is 13.6 Å². The van der Waals surface area contributed by atoms with E-state index in [1.807, 2.05) is 13.8 Å². The first-order valence-electron chi connectivity index (χ1n) is 6.69. The van der Waals surface area contributed by atoms with Crippen LogP contribution in [-0.2, 0) is 4.79 Å². The summed E-state index contributed by atoms with van der Waals surface area (Å²) in [5.74, 6) is -1.31. The summed E-state index contributed by atoms with van der Waals surface area (Å²) in [6.45, 7) is 3.87. The number of hydrogen-bond donors (Lipinski definition) is 1. The highest BCUT2D eigenvalue weighted by Crippen LogP contribution is 2.39. The SMILES string of the molecule is Cc1sc(NC(=O)C2CC2C)nc1-c1ccc(F)c(F)c1. The molecule has 1 aliphatic rings. The highest BCUT2D eigenvalue weighted by Gasteiger charge is 2.39. The molecule has 1 N–H and O–H groups in total. The minimum Gasteiger partial charge on any atom is -0.302 e. The molecule has 0 aliphatic heterocycles. The van der Waals surface area contributed by atoms with Crippen LogP contribution in [0.3, 0.4) is 0 Å². The molecule has 110 valence electrons. The van der Waals surface area contributed by atoms with Crippen LogP contribution in [0.5, 0.6) is 0 Å². The lowest BCUT2D eigenvalue weighted by molar-refractivity contribution is -0.117. The molecule has 0 bridgehead atoms. The van der Waals surface area contributed by atoms with Gasteiger partial charge in [0.1, 0.15) is 0 Å². The summed E-state index contributed by atoms with van der Waals surface area (Å²) in [5, 5.41) is 3.29. The van der Waals surface area contributed by atoms with Gasteiger partial charge in [0.25, 0.3) is 0 Å². The number of halogens is 2. The molecule has 0 saturated heterocycles. The minimum absolute atomic E-state index is 0.0203. The Morgan fingerprint density at radius 3 is 2.71 bits per heavy atom. The van der Waals surface area contributed by atoms with E-state index < -0.39 is 11.6 Å². The average molecular weight is 308 g/mol. The van der Waals surface area contributed by atoms with Crippen LogP contribution in [0.2, 0.25) is 0 Å². The van der Waals surface area contributed by atoms with E-state index >= 15 is 0 Å². The molecular weight excluding hydrogens is 294 g/mol. The van der Waals surface area contributed by atoms with Crippen LogP contribution in [0, 0.1) is 30.4 Å². The van der Waals surface area contributed by atoms with Gasteiger partial charge in [-0.3, -0.25) is 4.79 Å². The van der Waals surface area contributed by atoms with Gasteiger partial charge in [0.2, 0.25) is 5.91 Å². The molecule has 2 atom stereocenters. The Labute approximate surface area is 125 Å². The molecular formula is C15H14F2N2OS. The van der Waals surface area contributed by atoms with Gasteiger partial charge in [-0.15, -0.1) is 11.3 Å². The Hall–Kier alpha value is -1.82. The molecule has 1 aromatic heterocycles. The number of hydrogen-bond acceptors (Lipinski definition) is 3. The third-order valence-corrected chi connectivity index (χ3v) is 4.55. The number of nitrogens with one attached hydrogen (secondary N) is 1. The molecule has 0 radical (unpaired) electrons. The van der Waals surface area contributed by atoms with Crippen LogP contribution in [0.25, 0.3) is 11.3 Å². The third kappa shape index (κ3) is 2.81. The van der Waals surface area contributed by atoms with Gasteiger partial charge in [0.05, 0.1) is 5.69 Å². The Kier molecular flexibility index (Phi) is 3.49. The number of rotatable bonds is 3. The molecule has 0 spiro atoms. The van der Waals surface area contributed by atoms with Gasteiger partial charge >= 0.3 is 0 Å². The lowest BCUT2D eigenvalue weighted by Crippen LogP contribution is -2.14. The van der Waals surface area contributed by atoms with Crippen LogP contribution in [0.4, 0.5) is 13.9 Å².